The molecule has 0 atom stereocenters. The highest BCUT2D eigenvalue weighted by atomic mass is 35.5. The first-order valence-electron chi connectivity index (χ1n) is 4.74. The molecule has 0 unspecified atom stereocenters. The number of aryl methyl sites for hydroxylation is 1. The molecule has 0 aliphatic carbocycles. The minimum absolute atomic E-state index is 0.563. The van der Waals surface area contributed by atoms with Crippen molar-refractivity contribution in [1.82, 2.24) is 0 Å². The van der Waals surface area contributed by atoms with E-state index in [9.17, 15) is 8.42 Å². The van der Waals surface area contributed by atoms with Gasteiger partial charge in [-0.3, -0.25) is 4.31 Å². The molecule has 5 heteroatoms. The molecule has 2 rings (SSSR count). The smallest absolute Gasteiger partial charge is 0.232 e. The molecule has 1 aromatic carbocycles. The van der Waals surface area contributed by atoms with Gasteiger partial charge in [-0.2, -0.15) is 0 Å². The molecule has 0 spiro atoms. The van der Waals surface area contributed by atoms with Gasteiger partial charge in [0.1, 0.15) is 0 Å². The average Bonchev–Trinajstić information content (AvgIpc) is 2.15. The lowest BCUT2D eigenvalue weighted by atomic mass is 10.0. The molecule has 0 saturated heterocycles. The topological polar surface area (TPSA) is 37.4 Å². The van der Waals surface area contributed by atoms with E-state index in [4.69, 9.17) is 11.6 Å². The van der Waals surface area contributed by atoms with Gasteiger partial charge in [-0.25, -0.2) is 8.42 Å². The summed E-state index contributed by atoms with van der Waals surface area (Å²) in [6.45, 7) is 0.563. The molecule has 0 amide bonds. The van der Waals surface area contributed by atoms with E-state index in [-0.39, 0.29) is 0 Å². The van der Waals surface area contributed by atoms with Crippen molar-refractivity contribution in [3.63, 3.8) is 0 Å². The number of benzene rings is 1. The molecule has 0 fully saturated rings. The molecule has 0 saturated carbocycles. The lowest BCUT2D eigenvalue weighted by Crippen LogP contribution is -2.34. The molecule has 0 aromatic heterocycles. The lowest BCUT2D eigenvalue weighted by molar-refractivity contribution is 0.592. The summed E-state index contributed by atoms with van der Waals surface area (Å²) in [4.78, 5) is 0. The van der Waals surface area contributed by atoms with E-state index < -0.39 is 10.0 Å². The number of fused-ring (bicyclic) bond motifs is 1. The van der Waals surface area contributed by atoms with Crippen LogP contribution < -0.4 is 4.31 Å². The normalized spacial score (nSPS) is 16.3. The van der Waals surface area contributed by atoms with Crippen LogP contribution >= 0.6 is 11.6 Å². The zero-order valence-electron chi connectivity index (χ0n) is 8.40. The predicted molar refractivity (Wildman–Crippen MR) is 62.0 cm³/mol. The number of rotatable bonds is 1. The molecule has 82 valence electrons. The van der Waals surface area contributed by atoms with Gasteiger partial charge in [0.05, 0.1) is 11.9 Å². The maximum atomic E-state index is 11.5. The minimum atomic E-state index is -3.16. The summed E-state index contributed by atoms with van der Waals surface area (Å²) in [5.74, 6) is 0. The van der Waals surface area contributed by atoms with Crippen molar-refractivity contribution in [3.8, 4) is 0 Å². The first kappa shape index (κ1) is 10.8. The number of nitrogens with zero attached hydrogens (tertiary/aromatic N) is 1. The SMILES string of the molecule is CS(=O)(=O)N1CCCc2cc(Cl)ccc21. The third-order valence-corrected chi connectivity index (χ3v) is 3.93. The van der Waals surface area contributed by atoms with Crippen LogP contribution in [0.5, 0.6) is 0 Å². The summed E-state index contributed by atoms with van der Waals surface area (Å²) < 4.78 is 24.5. The van der Waals surface area contributed by atoms with Crippen molar-refractivity contribution in [3.05, 3.63) is 28.8 Å². The van der Waals surface area contributed by atoms with Gasteiger partial charge < -0.3 is 0 Å². The highest BCUT2D eigenvalue weighted by Gasteiger charge is 2.23. The molecule has 0 N–H and O–H groups in total. The lowest BCUT2D eigenvalue weighted by Gasteiger charge is -2.29. The van der Waals surface area contributed by atoms with Gasteiger partial charge in [-0.05, 0) is 36.6 Å². The Bertz CT molecular complexity index is 484. The first-order chi connectivity index (χ1) is 6.98. The summed E-state index contributed by atoms with van der Waals surface area (Å²) in [5.41, 5.74) is 1.78. The van der Waals surface area contributed by atoms with E-state index in [1.54, 1.807) is 12.1 Å². The van der Waals surface area contributed by atoms with Crippen LogP contribution in [0.2, 0.25) is 5.02 Å². The highest BCUT2D eigenvalue weighted by Crippen LogP contribution is 2.30. The van der Waals surface area contributed by atoms with Gasteiger partial charge in [0.25, 0.3) is 0 Å². The average molecular weight is 246 g/mol. The zero-order chi connectivity index (χ0) is 11.1. The fraction of sp³-hybridized carbons (Fsp3) is 0.400. The molecule has 1 aliphatic rings. The van der Waals surface area contributed by atoms with Crippen molar-refractivity contribution >= 4 is 27.3 Å². The molecule has 0 radical (unpaired) electrons. The van der Waals surface area contributed by atoms with Crippen LogP contribution in [0.1, 0.15) is 12.0 Å². The van der Waals surface area contributed by atoms with E-state index in [1.807, 2.05) is 6.07 Å². The van der Waals surface area contributed by atoms with Gasteiger partial charge in [0.15, 0.2) is 0 Å². The van der Waals surface area contributed by atoms with Crippen molar-refractivity contribution in [2.75, 3.05) is 17.1 Å². The Hall–Kier alpha value is -0.740. The van der Waals surface area contributed by atoms with Gasteiger partial charge >= 0.3 is 0 Å². The Kier molecular flexibility index (Phi) is 2.64. The number of sulfonamides is 1. The molecular weight excluding hydrogens is 234 g/mol. The van der Waals surface area contributed by atoms with Crippen LogP contribution in [0.25, 0.3) is 0 Å². The van der Waals surface area contributed by atoms with E-state index in [0.29, 0.717) is 11.6 Å². The molecule has 1 heterocycles. The third-order valence-electron chi connectivity index (χ3n) is 2.52. The molecule has 1 aliphatic heterocycles. The van der Waals surface area contributed by atoms with Gasteiger partial charge in [0.2, 0.25) is 10.0 Å². The van der Waals surface area contributed by atoms with Crippen LogP contribution in [0.4, 0.5) is 5.69 Å². The largest absolute Gasteiger partial charge is 0.270 e. The van der Waals surface area contributed by atoms with Crippen molar-refractivity contribution in [1.29, 1.82) is 0 Å². The number of hydrogen-bond acceptors (Lipinski definition) is 2. The highest BCUT2D eigenvalue weighted by molar-refractivity contribution is 7.92. The van der Waals surface area contributed by atoms with Crippen molar-refractivity contribution < 1.29 is 8.42 Å². The monoisotopic (exact) mass is 245 g/mol. The van der Waals surface area contributed by atoms with E-state index in [0.717, 1.165) is 24.1 Å². The van der Waals surface area contributed by atoms with Gasteiger partial charge in [0, 0.05) is 11.6 Å². The van der Waals surface area contributed by atoms with Gasteiger partial charge in [-0.1, -0.05) is 11.6 Å². The van der Waals surface area contributed by atoms with E-state index in [2.05, 4.69) is 0 Å². The third kappa shape index (κ3) is 2.11. The second kappa shape index (κ2) is 3.68. The van der Waals surface area contributed by atoms with Crippen LogP contribution in [-0.4, -0.2) is 21.2 Å². The van der Waals surface area contributed by atoms with Crippen LogP contribution in [-0.2, 0) is 16.4 Å². The Balaban J connectivity index is 2.52. The first-order valence-corrected chi connectivity index (χ1v) is 6.97. The predicted octanol–water partition coefficient (Wildman–Crippen LogP) is 2.05. The molecule has 3 nitrogen and oxygen atoms in total. The Morgan fingerprint density at radius 3 is 2.80 bits per heavy atom. The molecular formula is C10H12ClNO2S. The number of halogens is 1. The molecule has 0 bridgehead atoms. The summed E-state index contributed by atoms with van der Waals surface area (Å²) in [6.07, 6.45) is 2.97. The summed E-state index contributed by atoms with van der Waals surface area (Å²) in [7, 11) is -3.16. The molecule has 15 heavy (non-hydrogen) atoms. The zero-order valence-corrected chi connectivity index (χ0v) is 9.98. The summed E-state index contributed by atoms with van der Waals surface area (Å²) >= 11 is 5.87. The Labute approximate surface area is 94.7 Å². The second-order valence-corrected chi connectivity index (χ2v) is 6.05. The van der Waals surface area contributed by atoms with E-state index in [1.165, 1.54) is 10.6 Å². The fourth-order valence-electron chi connectivity index (χ4n) is 1.88. The van der Waals surface area contributed by atoms with Crippen molar-refractivity contribution in [2.24, 2.45) is 0 Å². The Morgan fingerprint density at radius 2 is 2.13 bits per heavy atom. The number of hydrogen-bond donors (Lipinski definition) is 0. The van der Waals surface area contributed by atoms with Gasteiger partial charge in [-0.15, -0.1) is 0 Å². The maximum absolute atomic E-state index is 11.5. The maximum Gasteiger partial charge on any atom is 0.232 e. The van der Waals surface area contributed by atoms with Crippen LogP contribution in [0.3, 0.4) is 0 Å². The standard InChI is InChI=1S/C10H12ClNO2S/c1-15(13,14)12-6-2-3-8-7-9(11)4-5-10(8)12/h4-5,7H,2-3,6H2,1H3. The fourth-order valence-corrected chi connectivity index (χ4v) is 3.07. The van der Waals surface area contributed by atoms with Crippen LogP contribution in [0.15, 0.2) is 18.2 Å². The second-order valence-electron chi connectivity index (χ2n) is 3.71. The molecule has 1 aromatic rings. The quantitative estimate of drug-likeness (QED) is 0.760. The summed E-state index contributed by atoms with van der Waals surface area (Å²) in [6, 6.07) is 5.34. The van der Waals surface area contributed by atoms with Crippen molar-refractivity contribution in [2.45, 2.75) is 12.8 Å². The number of anilines is 1. The Morgan fingerprint density at radius 1 is 1.40 bits per heavy atom. The van der Waals surface area contributed by atoms with E-state index >= 15 is 0 Å². The summed E-state index contributed by atoms with van der Waals surface area (Å²) in [5, 5.41) is 0.657. The van der Waals surface area contributed by atoms with Crippen LogP contribution in [0, 0.1) is 0 Å². The minimum Gasteiger partial charge on any atom is -0.270 e.